The molecule has 0 aromatic heterocycles. The first-order valence-corrected chi connectivity index (χ1v) is 9.52. The highest BCUT2D eigenvalue weighted by molar-refractivity contribution is 6.04. The monoisotopic (exact) mass is 364 g/mol. The minimum absolute atomic E-state index is 0.0302. The van der Waals surface area contributed by atoms with Gasteiger partial charge in [-0.25, -0.2) is 4.79 Å². The molecule has 0 aliphatic heterocycles. The van der Waals surface area contributed by atoms with Crippen LogP contribution in [0.5, 0.6) is 0 Å². The van der Waals surface area contributed by atoms with Crippen LogP contribution in [0.15, 0.2) is 11.6 Å². The number of rotatable bonds is 2. The summed E-state index contributed by atoms with van der Waals surface area (Å²) < 4.78 is 4.74. The molecule has 0 bridgehead atoms. The highest BCUT2D eigenvalue weighted by Gasteiger charge is 2.28. The van der Waals surface area contributed by atoms with Gasteiger partial charge in [-0.05, 0) is 24.3 Å². The zero-order valence-corrected chi connectivity index (χ0v) is 16.7. The first kappa shape index (κ1) is 22.3. The molecule has 0 heterocycles. The van der Waals surface area contributed by atoms with Gasteiger partial charge in [0, 0.05) is 36.7 Å². The predicted molar refractivity (Wildman–Crippen MR) is 99.5 cm³/mol. The van der Waals surface area contributed by atoms with Crippen molar-refractivity contribution in [1.29, 1.82) is 0 Å². The second-order valence-corrected chi connectivity index (χ2v) is 7.94. The highest BCUT2D eigenvalue weighted by Crippen LogP contribution is 2.25. The van der Waals surface area contributed by atoms with Crippen LogP contribution in [0.3, 0.4) is 0 Å². The van der Waals surface area contributed by atoms with Gasteiger partial charge in [0.05, 0.1) is 7.11 Å². The Morgan fingerprint density at radius 3 is 2.35 bits per heavy atom. The van der Waals surface area contributed by atoms with E-state index >= 15 is 0 Å². The number of ether oxygens (including phenoxy) is 1. The van der Waals surface area contributed by atoms with E-state index in [-0.39, 0.29) is 53.5 Å². The second-order valence-electron chi connectivity index (χ2n) is 7.94. The summed E-state index contributed by atoms with van der Waals surface area (Å²) >= 11 is 0. The van der Waals surface area contributed by atoms with Crippen LogP contribution in [0.1, 0.15) is 66.2 Å². The van der Waals surface area contributed by atoms with Crippen molar-refractivity contribution < 1.29 is 23.9 Å². The van der Waals surface area contributed by atoms with Crippen LogP contribution in [0.25, 0.3) is 0 Å². The molecule has 1 aliphatic carbocycles. The first-order chi connectivity index (χ1) is 12.1. The summed E-state index contributed by atoms with van der Waals surface area (Å²) in [5.74, 6) is -1.34. The Bertz CT molecular complexity index is 573. The molecule has 0 aromatic carbocycles. The molecule has 1 aliphatic rings. The zero-order chi connectivity index (χ0) is 19.9. The lowest BCUT2D eigenvalue weighted by Gasteiger charge is -2.21. The Hall–Kier alpha value is -1.78. The lowest BCUT2D eigenvalue weighted by atomic mass is 9.82. The minimum Gasteiger partial charge on any atom is -0.466 e. The van der Waals surface area contributed by atoms with Crippen LogP contribution < -0.4 is 0 Å². The van der Waals surface area contributed by atoms with Crippen molar-refractivity contribution in [2.75, 3.05) is 7.11 Å². The molecular formula is C21H32O5. The van der Waals surface area contributed by atoms with Gasteiger partial charge in [-0.3, -0.25) is 14.4 Å². The standard InChI is InChI=1S/C21H32O5/c1-13(2)18-12-19(23)15(4)8-6-7-14(3)9-17(22)10-16(11-20(18)24)21(25)26-5/h11,13-15,18H,6-10,12H2,1-5H3/b16-11+/t14-,15+,18-/m0/s1. The van der Waals surface area contributed by atoms with Gasteiger partial charge in [-0.15, -0.1) is 0 Å². The van der Waals surface area contributed by atoms with E-state index in [4.69, 9.17) is 4.74 Å². The largest absolute Gasteiger partial charge is 0.466 e. The number of esters is 1. The smallest absolute Gasteiger partial charge is 0.334 e. The molecule has 5 heteroatoms. The maximum atomic E-state index is 12.7. The van der Waals surface area contributed by atoms with E-state index < -0.39 is 11.9 Å². The van der Waals surface area contributed by atoms with E-state index in [1.165, 1.54) is 13.2 Å². The van der Waals surface area contributed by atoms with E-state index in [9.17, 15) is 19.2 Å². The molecule has 0 amide bonds. The Labute approximate surface area is 156 Å². The molecule has 0 saturated carbocycles. The molecule has 146 valence electrons. The molecule has 0 N–H and O–H groups in total. The lowest BCUT2D eigenvalue weighted by Crippen LogP contribution is -2.26. The highest BCUT2D eigenvalue weighted by atomic mass is 16.5. The van der Waals surface area contributed by atoms with Crippen LogP contribution in [0, 0.1) is 23.7 Å². The molecule has 0 fully saturated rings. The Morgan fingerprint density at radius 2 is 1.77 bits per heavy atom. The van der Waals surface area contributed by atoms with Crippen molar-refractivity contribution >= 4 is 23.3 Å². The van der Waals surface area contributed by atoms with Gasteiger partial charge in [-0.1, -0.05) is 40.5 Å². The molecule has 1 rings (SSSR count). The van der Waals surface area contributed by atoms with Crippen molar-refractivity contribution in [2.24, 2.45) is 23.7 Å². The summed E-state index contributed by atoms with van der Waals surface area (Å²) in [5, 5.41) is 0. The fourth-order valence-electron chi connectivity index (χ4n) is 3.38. The summed E-state index contributed by atoms with van der Waals surface area (Å²) in [5.41, 5.74) is 0.0814. The van der Waals surface area contributed by atoms with Crippen LogP contribution in [0.2, 0.25) is 0 Å². The number of carbonyl (C=O) groups excluding carboxylic acids is 4. The molecule has 5 nitrogen and oxygen atoms in total. The topological polar surface area (TPSA) is 77.5 Å². The van der Waals surface area contributed by atoms with Crippen molar-refractivity contribution in [3.8, 4) is 0 Å². The van der Waals surface area contributed by atoms with E-state index in [1.807, 2.05) is 27.7 Å². The average molecular weight is 364 g/mol. The quantitative estimate of drug-likeness (QED) is 0.698. The Balaban J connectivity index is 3.19. The fraction of sp³-hybridized carbons (Fsp3) is 0.714. The van der Waals surface area contributed by atoms with Gasteiger partial charge in [-0.2, -0.15) is 0 Å². The number of allylic oxidation sites excluding steroid dienone is 1. The number of carbonyl (C=O) groups is 4. The molecule has 0 saturated heterocycles. The van der Waals surface area contributed by atoms with Crippen LogP contribution >= 0.6 is 0 Å². The van der Waals surface area contributed by atoms with Crippen molar-refractivity contribution in [1.82, 2.24) is 0 Å². The number of ketones is 3. The number of Topliss-reactive ketones (excluding diaryl/α,β-unsaturated/α-hetero) is 2. The molecule has 0 radical (unpaired) electrons. The summed E-state index contributed by atoms with van der Waals surface area (Å²) in [4.78, 5) is 49.6. The van der Waals surface area contributed by atoms with Gasteiger partial charge < -0.3 is 4.74 Å². The van der Waals surface area contributed by atoms with Crippen molar-refractivity contribution in [3.63, 3.8) is 0 Å². The number of hydrogen-bond acceptors (Lipinski definition) is 5. The van der Waals surface area contributed by atoms with Crippen LogP contribution in [-0.2, 0) is 23.9 Å². The van der Waals surface area contributed by atoms with E-state index in [0.717, 1.165) is 19.3 Å². The third-order valence-electron chi connectivity index (χ3n) is 5.20. The molecule has 0 unspecified atom stereocenters. The normalized spacial score (nSPS) is 29.1. The number of hydrogen-bond donors (Lipinski definition) is 0. The molecule has 0 spiro atoms. The summed E-state index contributed by atoms with van der Waals surface area (Å²) in [6.45, 7) is 7.68. The molecule has 26 heavy (non-hydrogen) atoms. The average Bonchev–Trinajstić information content (AvgIpc) is 2.56. The van der Waals surface area contributed by atoms with Gasteiger partial charge in [0.2, 0.25) is 0 Å². The lowest BCUT2D eigenvalue weighted by molar-refractivity contribution is -0.137. The maximum absolute atomic E-state index is 12.7. The SMILES string of the molecule is COC(=O)/C1=C/C(=O)[C@H](C(C)C)CC(=O)[C@H](C)CCC[C@H](C)CC(=O)C1. The van der Waals surface area contributed by atoms with E-state index in [0.29, 0.717) is 6.42 Å². The van der Waals surface area contributed by atoms with E-state index in [1.54, 1.807) is 0 Å². The van der Waals surface area contributed by atoms with Crippen LogP contribution in [0.4, 0.5) is 0 Å². The van der Waals surface area contributed by atoms with Gasteiger partial charge in [0.1, 0.15) is 11.6 Å². The van der Waals surface area contributed by atoms with Gasteiger partial charge in [0.25, 0.3) is 0 Å². The molecule has 3 atom stereocenters. The second kappa shape index (κ2) is 10.4. The minimum atomic E-state index is -0.659. The third kappa shape index (κ3) is 6.85. The Kier molecular flexibility index (Phi) is 8.89. The van der Waals surface area contributed by atoms with E-state index in [2.05, 4.69) is 0 Å². The van der Waals surface area contributed by atoms with Gasteiger partial charge >= 0.3 is 5.97 Å². The number of methoxy groups -OCH3 is 1. The summed E-state index contributed by atoms with van der Waals surface area (Å²) in [6.07, 6.45) is 4.18. The summed E-state index contributed by atoms with van der Waals surface area (Å²) in [7, 11) is 1.23. The fourth-order valence-corrected chi connectivity index (χ4v) is 3.38. The van der Waals surface area contributed by atoms with Crippen molar-refractivity contribution in [2.45, 2.75) is 66.2 Å². The maximum Gasteiger partial charge on any atom is 0.334 e. The van der Waals surface area contributed by atoms with Crippen molar-refractivity contribution in [3.05, 3.63) is 11.6 Å². The Morgan fingerprint density at radius 1 is 1.12 bits per heavy atom. The van der Waals surface area contributed by atoms with Crippen LogP contribution in [-0.4, -0.2) is 30.4 Å². The predicted octanol–water partition coefficient (Wildman–Crippen LogP) is 3.69. The molecular weight excluding hydrogens is 332 g/mol. The third-order valence-corrected chi connectivity index (χ3v) is 5.20. The summed E-state index contributed by atoms with van der Waals surface area (Å²) in [6, 6.07) is 0. The van der Waals surface area contributed by atoms with Gasteiger partial charge in [0.15, 0.2) is 5.78 Å². The molecule has 0 aromatic rings. The zero-order valence-electron chi connectivity index (χ0n) is 16.7. The first-order valence-electron chi connectivity index (χ1n) is 9.52.